The van der Waals surface area contributed by atoms with Gasteiger partial charge in [-0.3, -0.25) is 4.57 Å². The fraction of sp³-hybridized carbons (Fsp3) is 0.308. The van der Waals surface area contributed by atoms with Gasteiger partial charge in [-0.2, -0.15) is 0 Å². The molecule has 0 radical (unpaired) electrons. The number of thioether (sulfide) groups is 1. The Balaban J connectivity index is 2.21. The maximum absolute atomic E-state index is 6.10. The van der Waals surface area contributed by atoms with Gasteiger partial charge in [0.2, 0.25) is 0 Å². The predicted octanol–water partition coefficient (Wildman–Crippen LogP) is 4.65. The summed E-state index contributed by atoms with van der Waals surface area (Å²) in [6.07, 6.45) is 0. The molecular weight excluding hydrogens is 303 g/mol. The van der Waals surface area contributed by atoms with Crippen LogP contribution < -0.4 is 0 Å². The minimum Gasteiger partial charge on any atom is -0.364 e. The predicted molar refractivity (Wildman–Crippen MR) is 80.0 cm³/mol. The van der Waals surface area contributed by atoms with E-state index < -0.39 is 0 Å². The number of imidazole rings is 1. The Labute approximate surface area is 126 Å². The van der Waals surface area contributed by atoms with Crippen molar-refractivity contribution in [3.8, 4) is 0 Å². The summed E-state index contributed by atoms with van der Waals surface area (Å²) >= 11 is 13.7. The van der Waals surface area contributed by atoms with Crippen molar-refractivity contribution in [1.82, 2.24) is 9.55 Å². The first-order valence-electron chi connectivity index (χ1n) is 5.75. The molecule has 1 unspecified atom stereocenters. The fourth-order valence-corrected chi connectivity index (χ4v) is 3.15. The van der Waals surface area contributed by atoms with Gasteiger partial charge in [0.25, 0.3) is 0 Å². The summed E-state index contributed by atoms with van der Waals surface area (Å²) in [6.45, 7) is 2.45. The summed E-state index contributed by atoms with van der Waals surface area (Å²) in [5, 5.41) is 1.73. The third-order valence-electron chi connectivity index (χ3n) is 2.64. The van der Waals surface area contributed by atoms with Crippen LogP contribution in [0.1, 0.15) is 17.7 Å². The van der Waals surface area contributed by atoms with E-state index in [9.17, 15) is 0 Å². The molecule has 0 fully saturated rings. The number of halogens is 2. The van der Waals surface area contributed by atoms with Gasteiger partial charge >= 0.3 is 0 Å². The maximum Gasteiger partial charge on any atom is 0.173 e. The molecule has 102 valence electrons. The summed E-state index contributed by atoms with van der Waals surface area (Å²) in [4.78, 5) is 4.27. The smallest absolute Gasteiger partial charge is 0.173 e. The molecule has 0 N–H and O–H groups in total. The van der Waals surface area contributed by atoms with Crippen LogP contribution in [0.4, 0.5) is 0 Å². The lowest BCUT2D eigenvalue weighted by Gasteiger charge is -2.12. The van der Waals surface area contributed by atoms with Gasteiger partial charge in [0.1, 0.15) is 6.73 Å². The standard InChI is InChI=1S/C13H14Cl2N2OS/c1-9(10-6-4-3-5-7-10)19-13-16-11(14)12(15)17(13)8-18-2/h3-7,9H,8H2,1-2H3. The summed E-state index contributed by atoms with van der Waals surface area (Å²) in [5.74, 6) is 0. The van der Waals surface area contributed by atoms with Gasteiger partial charge in [-0.1, -0.05) is 65.3 Å². The highest BCUT2D eigenvalue weighted by Crippen LogP contribution is 2.37. The van der Waals surface area contributed by atoms with Gasteiger partial charge < -0.3 is 4.74 Å². The second-order valence-electron chi connectivity index (χ2n) is 3.99. The molecule has 3 nitrogen and oxygen atoms in total. The molecule has 2 rings (SSSR count). The molecule has 0 bridgehead atoms. The van der Waals surface area contributed by atoms with Gasteiger partial charge in [0.15, 0.2) is 15.5 Å². The quantitative estimate of drug-likeness (QED) is 0.751. The molecule has 6 heteroatoms. The van der Waals surface area contributed by atoms with Crippen molar-refractivity contribution in [2.75, 3.05) is 7.11 Å². The van der Waals surface area contributed by atoms with Crippen LogP contribution in [-0.2, 0) is 11.5 Å². The molecule has 0 aliphatic rings. The van der Waals surface area contributed by atoms with Crippen LogP contribution in [0.25, 0.3) is 0 Å². The van der Waals surface area contributed by atoms with Crippen molar-refractivity contribution in [1.29, 1.82) is 0 Å². The summed E-state index contributed by atoms with van der Waals surface area (Å²) in [6, 6.07) is 10.2. The lowest BCUT2D eigenvalue weighted by atomic mass is 10.2. The van der Waals surface area contributed by atoms with Crippen LogP contribution in [0, 0.1) is 0 Å². The van der Waals surface area contributed by atoms with Crippen LogP contribution in [0.15, 0.2) is 35.5 Å². The molecule has 0 spiro atoms. The number of benzene rings is 1. The normalized spacial score (nSPS) is 12.6. The highest BCUT2D eigenvalue weighted by atomic mass is 35.5. The molecule has 1 heterocycles. The molecule has 1 aromatic heterocycles. The molecule has 0 aliphatic carbocycles. The Morgan fingerprint density at radius 2 is 2.00 bits per heavy atom. The number of hydrogen-bond acceptors (Lipinski definition) is 3. The van der Waals surface area contributed by atoms with Crippen molar-refractivity contribution >= 4 is 35.0 Å². The van der Waals surface area contributed by atoms with Crippen molar-refractivity contribution in [2.24, 2.45) is 0 Å². The molecule has 0 amide bonds. The molecule has 19 heavy (non-hydrogen) atoms. The molecule has 2 aromatic rings. The molecule has 1 aromatic carbocycles. The van der Waals surface area contributed by atoms with E-state index >= 15 is 0 Å². The lowest BCUT2D eigenvalue weighted by molar-refractivity contribution is 0.124. The maximum atomic E-state index is 6.10. The SMILES string of the molecule is COCn1c(SC(C)c2ccccc2)nc(Cl)c1Cl. The second kappa shape index (κ2) is 6.66. The van der Waals surface area contributed by atoms with Gasteiger partial charge in [-0.25, -0.2) is 4.98 Å². The lowest BCUT2D eigenvalue weighted by Crippen LogP contribution is -2.02. The first kappa shape index (κ1) is 14.7. The van der Waals surface area contributed by atoms with E-state index in [-0.39, 0.29) is 5.25 Å². The van der Waals surface area contributed by atoms with E-state index in [4.69, 9.17) is 27.9 Å². The minimum atomic E-state index is 0.256. The van der Waals surface area contributed by atoms with Gasteiger partial charge in [0, 0.05) is 12.4 Å². The fourth-order valence-electron chi connectivity index (χ4n) is 1.67. The first-order valence-corrected chi connectivity index (χ1v) is 7.39. The van der Waals surface area contributed by atoms with Gasteiger partial charge in [0.05, 0.1) is 0 Å². The van der Waals surface area contributed by atoms with E-state index in [0.717, 1.165) is 5.16 Å². The second-order valence-corrected chi connectivity index (χ2v) is 6.02. The van der Waals surface area contributed by atoms with Crippen LogP contribution in [0.3, 0.4) is 0 Å². The first-order chi connectivity index (χ1) is 9.13. The third-order valence-corrected chi connectivity index (χ3v) is 4.53. The number of aromatic nitrogens is 2. The Morgan fingerprint density at radius 3 is 2.63 bits per heavy atom. The average Bonchev–Trinajstić information content (AvgIpc) is 2.68. The van der Waals surface area contributed by atoms with E-state index in [1.54, 1.807) is 23.4 Å². The summed E-state index contributed by atoms with van der Waals surface area (Å²) in [5.41, 5.74) is 1.23. The number of rotatable bonds is 5. The highest BCUT2D eigenvalue weighted by Gasteiger charge is 2.17. The summed E-state index contributed by atoms with van der Waals surface area (Å²) < 4.78 is 6.87. The molecule has 1 atom stereocenters. The van der Waals surface area contributed by atoms with Crippen molar-refractivity contribution < 1.29 is 4.74 Å². The Kier molecular flexibility index (Phi) is 5.16. The van der Waals surface area contributed by atoms with Crippen LogP contribution in [-0.4, -0.2) is 16.7 Å². The average molecular weight is 317 g/mol. The largest absolute Gasteiger partial charge is 0.364 e. The van der Waals surface area contributed by atoms with Crippen LogP contribution in [0.2, 0.25) is 10.3 Å². The zero-order valence-corrected chi connectivity index (χ0v) is 13.0. The zero-order valence-electron chi connectivity index (χ0n) is 10.6. The van der Waals surface area contributed by atoms with E-state index in [2.05, 4.69) is 24.0 Å². The van der Waals surface area contributed by atoms with E-state index in [1.165, 1.54) is 5.56 Å². The van der Waals surface area contributed by atoms with Crippen LogP contribution >= 0.6 is 35.0 Å². The molecular formula is C13H14Cl2N2OS. The highest BCUT2D eigenvalue weighted by molar-refractivity contribution is 7.99. The number of hydrogen-bond donors (Lipinski definition) is 0. The third kappa shape index (κ3) is 3.45. The van der Waals surface area contributed by atoms with Crippen LogP contribution in [0.5, 0.6) is 0 Å². The Hall–Kier alpha value is -0.680. The Bertz CT molecular complexity index is 545. The number of methoxy groups -OCH3 is 1. The van der Waals surface area contributed by atoms with Crippen molar-refractivity contribution in [3.63, 3.8) is 0 Å². The van der Waals surface area contributed by atoms with E-state index in [0.29, 0.717) is 17.0 Å². The van der Waals surface area contributed by atoms with Crippen molar-refractivity contribution in [2.45, 2.75) is 24.1 Å². The van der Waals surface area contributed by atoms with Gasteiger partial charge in [-0.15, -0.1) is 0 Å². The topological polar surface area (TPSA) is 27.1 Å². The molecule has 0 aliphatic heterocycles. The molecule has 0 saturated heterocycles. The zero-order chi connectivity index (χ0) is 13.8. The Morgan fingerprint density at radius 1 is 1.32 bits per heavy atom. The molecule has 0 saturated carbocycles. The number of ether oxygens (including phenoxy) is 1. The summed E-state index contributed by atoms with van der Waals surface area (Å²) in [7, 11) is 1.61. The van der Waals surface area contributed by atoms with Crippen molar-refractivity contribution in [3.05, 3.63) is 46.2 Å². The minimum absolute atomic E-state index is 0.256. The number of nitrogens with zero attached hydrogens (tertiary/aromatic N) is 2. The van der Waals surface area contributed by atoms with Gasteiger partial charge in [-0.05, 0) is 12.5 Å². The van der Waals surface area contributed by atoms with E-state index in [1.807, 2.05) is 18.2 Å². The monoisotopic (exact) mass is 316 g/mol.